The molecule has 0 aliphatic rings. The number of benzene rings is 4. The van der Waals surface area contributed by atoms with Crippen molar-refractivity contribution in [2.24, 2.45) is 0 Å². The number of sulfonamides is 1. The van der Waals surface area contributed by atoms with Gasteiger partial charge in [-0.25, -0.2) is 13.1 Å². The summed E-state index contributed by atoms with van der Waals surface area (Å²) in [4.78, 5) is 0.239. The molecule has 0 heterocycles. The maximum Gasteiger partial charge on any atom is 0.241 e. The lowest BCUT2D eigenvalue weighted by atomic mass is 9.94. The van der Waals surface area contributed by atoms with Gasteiger partial charge in [0.2, 0.25) is 10.0 Å². The lowest BCUT2D eigenvalue weighted by Gasteiger charge is -2.30. The summed E-state index contributed by atoms with van der Waals surface area (Å²) in [5.41, 5.74) is 2.85. The standard InChI is InChI=1S/C29H30N2O3S/c1-23-17-19-27(20-18-23)35(32,33)31-29(25-13-7-3-8-14-25)28(24-11-5-2-6-12-24)30-21-22-34-26-15-9-4-10-16-26/h2-20,28-31H,21-22H2,1H3/t28?,29-/m1/s1. The third-order valence-corrected chi connectivity index (χ3v) is 7.20. The van der Waals surface area contributed by atoms with Gasteiger partial charge in [0, 0.05) is 6.54 Å². The van der Waals surface area contributed by atoms with Crippen LogP contribution >= 0.6 is 0 Å². The molecule has 0 aliphatic heterocycles. The minimum atomic E-state index is -3.77. The Morgan fingerprint density at radius 2 is 1.20 bits per heavy atom. The van der Waals surface area contributed by atoms with Crippen LogP contribution in [-0.4, -0.2) is 21.6 Å². The Hall–Kier alpha value is -3.45. The van der Waals surface area contributed by atoms with Crippen molar-refractivity contribution in [2.75, 3.05) is 13.2 Å². The maximum atomic E-state index is 13.4. The molecule has 0 saturated carbocycles. The van der Waals surface area contributed by atoms with E-state index < -0.39 is 16.1 Å². The average Bonchev–Trinajstić information content (AvgIpc) is 2.89. The Bertz CT molecular complexity index is 1280. The van der Waals surface area contributed by atoms with E-state index in [-0.39, 0.29) is 10.9 Å². The van der Waals surface area contributed by atoms with E-state index in [1.807, 2.05) is 97.9 Å². The Labute approximate surface area is 207 Å². The third kappa shape index (κ3) is 6.79. The molecule has 0 radical (unpaired) electrons. The Morgan fingerprint density at radius 3 is 1.77 bits per heavy atom. The summed E-state index contributed by atoms with van der Waals surface area (Å²) >= 11 is 0. The van der Waals surface area contributed by atoms with Gasteiger partial charge in [-0.1, -0.05) is 96.6 Å². The second kappa shape index (κ2) is 11.8. The van der Waals surface area contributed by atoms with Crippen LogP contribution < -0.4 is 14.8 Å². The van der Waals surface area contributed by atoms with Gasteiger partial charge in [0.25, 0.3) is 0 Å². The molecule has 0 amide bonds. The number of hydrogen-bond acceptors (Lipinski definition) is 4. The monoisotopic (exact) mass is 486 g/mol. The fourth-order valence-corrected chi connectivity index (χ4v) is 5.17. The molecular weight excluding hydrogens is 456 g/mol. The van der Waals surface area contributed by atoms with Crippen LogP contribution in [0.3, 0.4) is 0 Å². The molecule has 2 atom stereocenters. The molecule has 4 aromatic rings. The van der Waals surface area contributed by atoms with Crippen molar-refractivity contribution in [1.82, 2.24) is 10.0 Å². The van der Waals surface area contributed by atoms with E-state index >= 15 is 0 Å². The van der Waals surface area contributed by atoms with Crippen LogP contribution in [0.4, 0.5) is 0 Å². The van der Waals surface area contributed by atoms with E-state index in [1.165, 1.54) is 0 Å². The molecular formula is C29H30N2O3S. The number of aryl methyl sites for hydroxylation is 1. The summed E-state index contributed by atoms with van der Waals surface area (Å²) < 4.78 is 35.7. The largest absolute Gasteiger partial charge is 0.492 e. The van der Waals surface area contributed by atoms with Gasteiger partial charge in [0.05, 0.1) is 17.0 Å². The molecule has 35 heavy (non-hydrogen) atoms. The normalized spacial score (nSPS) is 13.2. The van der Waals surface area contributed by atoms with Crippen molar-refractivity contribution in [1.29, 1.82) is 0 Å². The van der Waals surface area contributed by atoms with Gasteiger partial charge in [-0.15, -0.1) is 0 Å². The van der Waals surface area contributed by atoms with Gasteiger partial charge in [0.15, 0.2) is 0 Å². The highest BCUT2D eigenvalue weighted by atomic mass is 32.2. The van der Waals surface area contributed by atoms with Gasteiger partial charge in [0.1, 0.15) is 12.4 Å². The fourth-order valence-electron chi connectivity index (χ4n) is 3.93. The predicted molar refractivity (Wildman–Crippen MR) is 140 cm³/mol. The molecule has 2 N–H and O–H groups in total. The fraction of sp³-hybridized carbons (Fsp3) is 0.172. The molecule has 4 aromatic carbocycles. The zero-order valence-corrected chi connectivity index (χ0v) is 20.5. The van der Waals surface area contributed by atoms with Crippen LogP contribution in [0.25, 0.3) is 0 Å². The molecule has 0 bridgehead atoms. The first kappa shape index (κ1) is 24.7. The van der Waals surface area contributed by atoms with E-state index in [1.54, 1.807) is 24.3 Å². The smallest absolute Gasteiger partial charge is 0.241 e. The summed E-state index contributed by atoms with van der Waals surface area (Å²) in [6.07, 6.45) is 0. The zero-order valence-electron chi connectivity index (χ0n) is 19.7. The van der Waals surface area contributed by atoms with Crippen LogP contribution in [0.2, 0.25) is 0 Å². The third-order valence-electron chi connectivity index (χ3n) is 5.74. The molecule has 0 fully saturated rings. The van der Waals surface area contributed by atoms with Crippen LogP contribution in [0.1, 0.15) is 28.8 Å². The van der Waals surface area contributed by atoms with Crippen molar-refractivity contribution in [3.05, 3.63) is 132 Å². The first-order valence-electron chi connectivity index (χ1n) is 11.6. The van der Waals surface area contributed by atoms with E-state index in [4.69, 9.17) is 4.74 Å². The summed E-state index contributed by atoms with van der Waals surface area (Å²) in [5.74, 6) is 0.797. The highest BCUT2D eigenvalue weighted by Crippen LogP contribution is 2.30. The van der Waals surface area contributed by atoms with Crippen molar-refractivity contribution in [3.63, 3.8) is 0 Å². The second-order valence-electron chi connectivity index (χ2n) is 8.33. The quantitative estimate of drug-likeness (QED) is 0.278. The maximum absolute atomic E-state index is 13.4. The SMILES string of the molecule is Cc1ccc(S(=O)(=O)N[C@H](c2ccccc2)C(NCCOc2ccccc2)c2ccccc2)cc1. The van der Waals surface area contributed by atoms with Crippen molar-refractivity contribution in [3.8, 4) is 5.75 Å². The van der Waals surface area contributed by atoms with Crippen molar-refractivity contribution >= 4 is 10.0 Å². The van der Waals surface area contributed by atoms with E-state index in [0.717, 1.165) is 22.4 Å². The van der Waals surface area contributed by atoms with Gasteiger partial charge in [-0.3, -0.25) is 0 Å². The van der Waals surface area contributed by atoms with E-state index in [0.29, 0.717) is 13.2 Å². The number of ether oxygens (including phenoxy) is 1. The molecule has 0 saturated heterocycles. The summed E-state index contributed by atoms with van der Waals surface area (Å²) in [7, 11) is -3.77. The van der Waals surface area contributed by atoms with Crippen LogP contribution in [0.15, 0.2) is 120 Å². The minimum Gasteiger partial charge on any atom is -0.492 e. The van der Waals surface area contributed by atoms with Gasteiger partial charge in [-0.2, -0.15) is 0 Å². The minimum absolute atomic E-state index is 0.239. The van der Waals surface area contributed by atoms with E-state index in [9.17, 15) is 8.42 Å². The Morgan fingerprint density at radius 1 is 0.686 bits per heavy atom. The molecule has 0 spiro atoms. The molecule has 1 unspecified atom stereocenters. The number of para-hydroxylation sites is 1. The van der Waals surface area contributed by atoms with E-state index in [2.05, 4.69) is 10.0 Å². The van der Waals surface area contributed by atoms with Crippen LogP contribution in [0.5, 0.6) is 5.75 Å². The molecule has 6 heteroatoms. The molecule has 0 aromatic heterocycles. The first-order chi connectivity index (χ1) is 17.0. The first-order valence-corrected chi connectivity index (χ1v) is 13.1. The highest BCUT2D eigenvalue weighted by molar-refractivity contribution is 7.89. The Kier molecular flexibility index (Phi) is 8.32. The van der Waals surface area contributed by atoms with Crippen molar-refractivity contribution < 1.29 is 13.2 Å². The van der Waals surface area contributed by atoms with Crippen molar-refractivity contribution in [2.45, 2.75) is 23.9 Å². The van der Waals surface area contributed by atoms with Gasteiger partial charge >= 0.3 is 0 Å². The molecule has 5 nitrogen and oxygen atoms in total. The number of rotatable bonds is 11. The zero-order chi connectivity index (χ0) is 24.5. The van der Waals surface area contributed by atoms with Gasteiger partial charge in [-0.05, 0) is 42.3 Å². The summed E-state index contributed by atoms with van der Waals surface area (Å²) in [5, 5.41) is 3.54. The summed E-state index contributed by atoms with van der Waals surface area (Å²) in [6.45, 7) is 2.91. The average molecular weight is 487 g/mol. The highest BCUT2D eigenvalue weighted by Gasteiger charge is 2.29. The summed E-state index contributed by atoms with van der Waals surface area (Å²) in [6, 6.07) is 35.2. The molecule has 0 aliphatic carbocycles. The second-order valence-corrected chi connectivity index (χ2v) is 10.0. The molecule has 180 valence electrons. The van der Waals surface area contributed by atoms with Crippen LogP contribution in [-0.2, 0) is 10.0 Å². The van der Waals surface area contributed by atoms with Crippen LogP contribution in [0, 0.1) is 6.92 Å². The lowest BCUT2D eigenvalue weighted by Crippen LogP contribution is -2.39. The predicted octanol–water partition coefficient (Wildman–Crippen LogP) is 5.42. The van der Waals surface area contributed by atoms with Gasteiger partial charge < -0.3 is 10.1 Å². The topological polar surface area (TPSA) is 67.4 Å². The number of hydrogen-bond donors (Lipinski definition) is 2. The number of nitrogens with one attached hydrogen (secondary N) is 2. The molecule has 4 rings (SSSR count). The lowest BCUT2D eigenvalue weighted by molar-refractivity contribution is 0.296. The Balaban J connectivity index is 1.61.